The van der Waals surface area contributed by atoms with Gasteiger partial charge in [-0.15, -0.1) is 0 Å². The number of nitrogens with two attached hydrogens (primary N) is 1. The van der Waals surface area contributed by atoms with Crippen molar-refractivity contribution in [3.05, 3.63) is 24.0 Å². The Labute approximate surface area is 71.0 Å². The number of rotatable bonds is 3. The van der Waals surface area contributed by atoms with Crippen LogP contribution < -0.4 is 10.5 Å². The number of methoxy groups -OCH3 is 1. The summed E-state index contributed by atoms with van der Waals surface area (Å²) in [6.45, 7) is -0.0969. The lowest BCUT2D eigenvalue weighted by Crippen LogP contribution is -2.15. The highest BCUT2D eigenvalue weighted by Crippen LogP contribution is 2.21. The van der Waals surface area contributed by atoms with Crippen LogP contribution in [0.5, 0.6) is 5.75 Å². The normalized spacial score (nSPS) is 12.6. The number of hydrogen-bond donors (Lipinski definition) is 2. The van der Waals surface area contributed by atoms with E-state index in [1.807, 2.05) is 0 Å². The second-order valence-corrected chi connectivity index (χ2v) is 2.41. The summed E-state index contributed by atoms with van der Waals surface area (Å²) >= 11 is 0. The van der Waals surface area contributed by atoms with E-state index < -0.39 is 6.04 Å². The molecular formula is C8H12N2O2. The second-order valence-electron chi connectivity index (χ2n) is 2.41. The van der Waals surface area contributed by atoms with Gasteiger partial charge in [0, 0.05) is 11.8 Å². The zero-order chi connectivity index (χ0) is 8.97. The van der Waals surface area contributed by atoms with Gasteiger partial charge in [-0.25, -0.2) is 0 Å². The zero-order valence-corrected chi connectivity index (χ0v) is 6.90. The maximum Gasteiger partial charge on any atom is 0.141 e. The predicted molar refractivity (Wildman–Crippen MR) is 44.8 cm³/mol. The van der Waals surface area contributed by atoms with Crippen LogP contribution >= 0.6 is 0 Å². The molecule has 1 aromatic heterocycles. The summed E-state index contributed by atoms with van der Waals surface area (Å²) in [7, 11) is 1.55. The molecule has 0 amide bonds. The summed E-state index contributed by atoms with van der Waals surface area (Å²) in [6.07, 6.45) is 3.19. The topological polar surface area (TPSA) is 68.4 Å². The molecule has 1 aromatic rings. The van der Waals surface area contributed by atoms with E-state index in [0.29, 0.717) is 5.75 Å². The Morgan fingerprint density at radius 3 is 3.08 bits per heavy atom. The van der Waals surface area contributed by atoms with Gasteiger partial charge in [0.2, 0.25) is 0 Å². The van der Waals surface area contributed by atoms with Crippen molar-refractivity contribution in [3.8, 4) is 5.75 Å². The van der Waals surface area contributed by atoms with E-state index in [9.17, 15) is 0 Å². The third-order valence-electron chi connectivity index (χ3n) is 1.63. The molecule has 0 aliphatic carbocycles. The number of ether oxygens (including phenoxy) is 1. The van der Waals surface area contributed by atoms with Crippen molar-refractivity contribution in [1.82, 2.24) is 4.98 Å². The molecule has 0 aromatic carbocycles. The van der Waals surface area contributed by atoms with Crippen molar-refractivity contribution in [3.63, 3.8) is 0 Å². The molecule has 0 unspecified atom stereocenters. The van der Waals surface area contributed by atoms with Gasteiger partial charge >= 0.3 is 0 Å². The van der Waals surface area contributed by atoms with Gasteiger partial charge < -0.3 is 15.6 Å². The van der Waals surface area contributed by atoms with Gasteiger partial charge in [-0.1, -0.05) is 0 Å². The first kappa shape index (κ1) is 8.96. The van der Waals surface area contributed by atoms with Gasteiger partial charge in [0.1, 0.15) is 5.75 Å². The molecule has 0 aliphatic rings. The molecule has 1 atom stereocenters. The number of aromatic nitrogens is 1. The summed E-state index contributed by atoms with van der Waals surface area (Å²) in [6, 6.07) is 1.34. The van der Waals surface area contributed by atoms with Gasteiger partial charge in [0.15, 0.2) is 0 Å². The largest absolute Gasteiger partial charge is 0.495 e. The van der Waals surface area contributed by atoms with Crippen molar-refractivity contribution < 1.29 is 9.84 Å². The lowest BCUT2D eigenvalue weighted by Gasteiger charge is -2.11. The Morgan fingerprint density at radius 1 is 1.75 bits per heavy atom. The fourth-order valence-electron chi connectivity index (χ4n) is 0.966. The maximum atomic E-state index is 8.81. The Hall–Kier alpha value is -1.13. The number of pyridine rings is 1. The Kier molecular flexibility index (Phi) is 3.01. The minimum absolute atomic E-state index is 0.0969. The van der Waals surface area contributed by atoms with Crippen LogP contribution in [0.15, 0.2) is 18.5 Å². The highest BCUT2D eigenvalue weighted by atomic mass is 16.5. The van der Waals surface area contributed by atoms with Crippen LogP contribution in [-0.4, -0.2) is 23.8 Å². The van der Waals surface area contributed by atoms with Crippen LogP contribution in [0, 0.1) is 0 Å². The zero-order valence-electron chi connectivity index (χ0n) is 6.90. The maximum absolute atomic E-state index is 8.81. The monoisotopic (exact) mass is 168 g/mol. The molecule has 1 rings (SSSR count). The molecule has 66 valence electrons. The first-order valence-corrected chi connectivity index (χ1v) is 3.64. The van der Waals surface area contributed by atoms with Gasteiger partial charge in [-0.05, 0) is 6.07 Å². The van der Waals surface area contributed by atoms with Crippen molar-refractivity contribution >= 4 is 0 Å². The second kappa shape index (κ2) is 4.04. The standard InChI is InChI=1S/C8H12N2O2/c1-12-8-4-10-3-2-6(8)7(9)5-11/h2-4,7,11H,5,9H2,1H3/t7-/m0/s1. The molecular weight excluding hydrogens is 156 g/mol. The summed E-state index contributed by atoms with van der Waals surface area (Å²) in [5, 5.41) is 8.81. The summed E-state index contributed by atoms with van der Waals surface area (Å²) in [5.74, 6) is 0.610. The van der Waals surface area contributed by atoms with Crippen molar-refractivity contribution in [1.29, 1.82) is 0 Å². The molecule has 3 N–H and O–H groups in total. The molecule has 4 heteroatoms. The van der Waals surface area contributed by atoms with Gasteiger partial charge in [0.25, 0.3) is 0 Å². The quantitative estimate of drug-likeness (QED) is 0.670. The highest BCUT2D eigenvalue weighted by Gasteiger charge is 2.09. The molecule has 4 nitrogen and oxygen atoms in total. The first-order chi connectivity index (χ1) is 5.79. The molecule has 0 spiro atoms. The fraction of sp³-hybridized carbons (Fsp3) is 0.375. The van der Waals surface area contributed by atoms with E-state index >= 15 is 0 Å². The Bertz CT molecular complexity index is 253. The molecule has 0 radical (unpaired) electrons. The number of aliphatic hydroxyl groups is 1. The molecule has 0 saturated heterocycles. The Balaban J connectivity index is 2.96. The van der Waals surface area contributed by atoms with Crippen LogP contribution in [0.1, 0.15) is 11.6 Å². The summed E-state index contributed by atoms with van der Waals surface area (Å²) < 4.78 is 5.01. The Morgan fingerprint density at radius 2 is 2.50 bits per heavy atom. The fourth-order valence-corrected chi connectivity index (χ4v) is 0.966. The minimum Gasteiger partial charge on any atom is -0.495 e. The average Bonchev–Trinajstić information content (AvgIpc) is 2.16. The summed E-state index contributed by atoms with van der Waals surface area (Å²) in [4.78, 5) is 3.87. The van der Waals surface area contributed by atoms with E-state index in [4.69, 9.17) is 15.6 Å². The minimum atomic E-state index is -0.400. The molecule has 0 fully saturated rings. The molecule has 1 heterocycles. The lowest BCUT2D eigenvalue weighted by atomic mass is 10.1. The molecule has 0 saturated carbocycles. The number of aliphatic hydroxyl groups excluding tert-OH is 1. The predicted octanol–water partition coefficient (Wildman–Crippen LogP) is 0.0823. The van der Waals surface area contributed by atoms with Crippen molar-refractivity contribution in [2.45, 2.75) is 6.04 Å². The van der Waals surface area contributed by atoms with Crippen LogP contribution in [0.2, 0.25) is 0 Å². The van der Waals surface area contributed by atoms with Crippen molar-refractivity contribution in [2.75, 3.05) is 13.7 Å². The SMILES string of the molecule is COc1cnccc1[C@@H](N)CO. The molecule has 0 bridgehead atoms. The number of nitrogens with zero attached hydrogens (tertiary/aromatic N) is 1. The van der Waals surface area contributed by atoms with Crippen LogP contribution in [0.25, 0.3) is 0 Å². The molecule has 0 aliphatic heterocycles. The van der Waals surface area contributed by atoms with E-state index in [0.717, 1.165) is 5.56 Å². The van der Waals surface area contributed by atoms with Gasteiger partial charge in [0.05, 0.1) is 26.0 Å². The van der Waals surface area contributed by atoms with E-state index in [2.05, 4.69) is 4.98 Å². The van der Waals surface area contributed by atoms with Gasteiger partial charge in [-0.2, -0.15) is 0 Å². The third kappa shape index (κ3) is 1.72. The first-order valence-electron chi connectivity index (χ1n) is 3.64. The number of hydrogen-bond acceptors (Lipinski definition) is 4. The summed E-state index contributed by atoms with van der Waals surface area (Å²) in [5.41, 5.74) is 6.39. The highest BCUT2D eigenvalue weighted by molar-refractivity contribution is 5.32. The van der Waals surface area contributed by atoms with Crippen LogP contribution in [0.4, 0.5) is 0 Å². The van der Waals surface area contributed by atoms with Gasteiger partial charge in [-0.3, -0.25) is 4.98 Å². The van der Waals surface area contributed by atoms with Crippen LogP contribution in [-0.2, 0) is 0 Å². The van der Waals surface area contributed by atoms with E-state index in [-0.39, 0.29) is 6.61 Å². The lowest BCUT2D eigenvalue weighted by molar-refractivity contribution is 0.264. The van der Waals surface area contributed by atoms with E-state index in [1.165, 1.54) is 0 Å². The molecule has 12 heavy (non-hydrogen) atoms. The van der Waals surface area contributed by atoms with Crippen LogP contribution in [0.3, 0.4) is 0 Å². The third-order valence-corrected chi connectivity index (χ3v) is 1.63. The van der Waals surface area contributed by atoms with Crippen molar-refractivity contribution in [2.24, 2.45) is 5.73 Å². The van der Waals surface area contributed by atoms with E-state index in [1.54, 1.807) is 25.6 Å². The average molecular weight is 168 g/mol. The smallest absolute Gasteiger partial charge is 0.141 e.